The van der Waals surface area contributed by atoms with E-state index in [9.17, 15) is 8.42 Å². The molecule has 0 amide bonds. The first kappa shape index (κ1) is 14.0. The highest BCUT2D eigenvalue weighted by molar-refractivity contribution is 7.89. The maximum atomic E-state index is 11.9. The first-order valence-corrected chi connectivity index (χ1v) is 7.68. The Hall–Kier alpha value is -1.42. The largest absolute Gasteiger partial charge is 0.316 e. The second-order valence-corrected chi connectivity index (χ2v) is 6.45. The standard InChI is InChI=1S/C13H17N3O2S/c1-8-5-11(6-14)9(2)13(19(15,17)18)12(8)10-3-4-16-7-10/h5,10,16H,3-4,7H2,1-2H3,(H2,15,17,18). The Bertz CT molecular complexity index is 653. The number of nitrogens with two attached hydrogens (primary N) is 1. The Morgan fingerprint density at radius 2 is 2.16 bits per heavy atom. The van der Waals surface area contributed by atoms with Crippen LogP contribution in [-0.4, -0.2) is 21.5 Å². The molecule has 2 rings (SSSR count). The van der Waals surface area contributed by atoms with Crippen molar-refractivity contribution in [2.24, 2.45) is 5.14 Å². The van der Waals surface area contributed by atoms with E-state index in [1.807, 2.05) is 13.0 Å². The molecule has 0 aliphatic carbocycles. The lowest BCUT2D eigenvalue weighted by molar-refractivity contribution is 0.593. The quantitative estimate of drug-likeness (QED) is 0.840. The minimum Gasteiger partial charge on any atom is -0.316 e. The van der Waals surface area contributed by atoms with Gasteiger partial charge in [-0.1, -0.05) is 0 Å². The summed E-state index contributed by atoms with van der Waals surface area (Å²) in [5.74, 6) is 0.139. The maximum Gasteiger partial charge on any atom is 0.238 e. The molecule has 0 spiro atoms. The van der Waals surface area contributed by atoms with Gasteiger partial charge in [-0.05, 0) is 55.5 Å². The van der Waals surface area contributed by atoms with Gasteiger partial charge in [-0.15, -0.1) is 0 Å². The van der Waals surface area contributed by atoms with Gasteiger partial charge in [0.15, 0.2) is 0 Å². The van der Waals surface area contributed by atoms with Gasteiger partial charge in [0.05, 0.1) is 16.5 Å². The summed E-state index contributed by atoms with van der Waals surface area (Å²) in [6.45, 7) is 5.09. The molecular formula is C13H17N3O2S. The average molecular weight is 279 g/mol. The molecule has 1 unspecified atom stereocenters. The fraction of sp³-hybridized carbons (Fsp3) is 0.462. The number of aryl methyl sites for hydroxylation is 1. The summed E-state index contributed by atoms with van der Waals surface area (Å²) in [4.78, 5) is 0.137. The lowest BCUT2D eigenvalue weighted by atomic mass is 9.90. The number of hydrogen-bond donors (Lipinski definition) is 2. The molecule has 1 fully saturated rings. The van der Waals surface area contributed by atoms with Crippen molar-refractivity contribution in [2.75, 3.05) is 13.1 Å². The van der Waals surface area contributed by atoms with Gasteiger partial charge in [-0.2, -0.15) is 5.26 Å². The molecule has 0 aromatic heterocycles. The van der Waals surface area contributed by atoms with Gasteiger partial charge in [0, 0.05) is 6.54 Å². The van der Waals surface area contributed by atoms with Crippen molar-refractivity contribution in [3.8, 4) is 6.07 Å². The van der Waals surface area contributed by atoms with E-state index in [1.165, 1.54) is 0 Å². The van der Waals surface area contributed by atoms with Gasteiger partial charge in [0.25, 0.3) is 0 Å². The van der Waals surface area contributed by atoms with E-state index in [2.05, 4.69) is 5.32 Å². The monoisotopic (exact) mass is 279 g/mol. The molecule has 1 aromatic carbocycles. The van der Waals surface area contributed by atoms with E-state index in [0.717, 1.165) is 30.6 Å². The maximum absolute atomic E-state index is 11.9. The SMILES string of the molecule is Cc1cc(C#N)c(C)c(S(N)(=O)=O)c1C1CCNC1. The lowest BCUT2D eigenvalue weighted by Crippen LogP contribution is -2.20. The Kier molecular flexibility index (Phi) is 3.63. The molecule has 0 bridgehead atoms. The zero-order valence-electron chi connectivity index (χ0n) is 11.0. The first-order chi connectivity index (χ1) is 8.86. The van der Waals surface area contributed by atoms with E-state index < -0.39 is 10.0 Å². The van der Waals surface area contributed by atoms with Crippen LogP contribution < -0.4 is 10.5 Å². The van der Waals surface area contributed by atoms with Crippen LogP contribution in [0.2, 0.25) is 0 Å². The Morgan fingerprint density at radius 3 is 2.63 bits per heavy atom. The molecular weight excluding hydrogens is 262 g/mol. The molecule has 3 N–H and O–H groups in total. The highest BCUT2D eigenvalue weighted by atomic mass is 32.2. The topological polar surface area (TPSA) is 96.0 Å². The van der Waals surface area contributed by atoms with Crippen LogP contribution in [0.15, 0.2) is 11.0 Å². The van der Waals surface area contributed by atoms with Crippen molar-refractivity contribution in [1.29, 1.82) is 5.26 Å². The molecule has 1 aliphatic heterocycles. The number of primary sulfonamides is 1. The van der Waals surface area contributed by atoms with Crippen LogP contribution in [0.5, 0.6) is 0 Å². The van der Waals surface area contributed by atoms with Gasteiger partial charge >= 0.3 is 0 Å². The molecule has 1 atom stereocenters. The van der Waals surface area contributed by atoms with Gasteiger partial charge in [-0.25, -0.2) is 13.6 Å². The number of benzene rings is 1. The van der Waals surface area contributed by atoms with Crippen LogP contribution in [0.25, 0.3) is 0 Å². The van der Waals surface area contributed by atoms with Crippen molar-refractivity contribution >= 4 is 10.0 Å². The van der Waals surface area contributed by atoms with Crippen molar-refractivity contribution in [3.63, 3.8) is 0 Å². The second-order valence-electron chi connectivity index (χ2n) is 4.96. The molecule has 102 valence electrons. The number of hydrogen-bond acceptors (Lipinski definition) is 4. The second kappa shape index (κ2) is 4.93. The van der Waals surface area contributed by atoms with Crippen molar-refractivity contribution in [1.82, 2.24) is 5.32 Å². The number of nitrogens with one attached hydrogen (secondary N) is 1. The van der Waals surface area contributed by atoms with Crippen molar-refractivity contribution < 1.29 is 8.42 Å². The molecule has 6 heteroatoms. The summed E-state index contributed by atoms with van der Waals surface area (Å²) in [6.07, 6.45) is 0.884. The minimum absolute atomic E-state index is 0.137. The fourth-order valence-corrected chi connectivity index (χ4v) is 3.97. The van der Waals surface area contributed by atoms with Crippen LogP contribution in [0.1, 0.15) is 34.6 Å². The first-order valence-electron chi connectivity index (χ1n) is 6.14. The third-order valence-corrected chi connectivity index (χ3v) is 4.74. The number of nitriles is 1. The predicted molar refractivity (Wildman–Crippen MR) is 72.2 cm³/mol. The van der Waals surface area contributed by atoms with Gasteiger partial charge in [0.2, 0.25) is 10.0 Å². The molecule has 1 aliphatic rings. The molecule has 1 heterocycles. The summed E-state index contributed by atoms with van der Waals surface area (Å²) < 4.78 is 23.8. The number of rotatable bonds is 2. The summed E-state index contributed by atoms with van der Waals surface area (Å²) in [5.41, 5.74) is 2.41. The van der Waals surface area contributed by atoms with Crippen LogP contribution in [0.3, 0.4) is 0 Å². The van der Waals surface area contributed by atoms with E-state index >= 15 is 0 Å². The molecule has 1 saturated heterocycles. The molecule has 1 aromatic rings. The van der Waals surface area contributed by atoms with Gasteiger partial charge < -0.3 is 5.32 Å². The highest BCUT2D eigenvalue weighted by Crippen LogP contribution is 2.34. The predicted octanol–water partition coefficient (Wildman–Crippen LogP) is 0.899. The third kappa shape index (κ3) is 2.50. The molecule has 19 heavy (non-hydrogen) atoms. The van der Waals surface area contributed by atoms with Crippen molar-refractivity contribution in [2.45, 2.75) is 31.1 Å². The van der Waals surface area contributed by atoms with Crippen LogP contribution in [0, 0.1) is 25.2 Å². The molecule has 0 saturated carbocycles. The zero-order valence-corrected chi connectivity index (χ0v) is 11.8. The van der Waals surface area contributed by atoms with E-state index in [-0.39, 0.29) is 10.8 Å². The zero-order chi connectivity index (χ0) is 14.2. The third-order valence-electron chi connectivity index (χ3n) is 3.65. The fourth-order valence-electron chi connectivity index (χ4n) is 2.80. The molecule has 5 nitrogen and oxygen atoms in total. The number of nitrogens with zero attached hydrogens (tertiary/aromatic N) is 1. The van der Waals surface area contributed by atoms with E-state index in [1.54, 1.807) is 13.0 Å². The highest BCUT2D eigenvalue weighted by Gasteiger charge is 2.28. The summed E-state index contributed by atoms with van der Waals surface area (Å²) in [5, 5.41) is 17.7. The van der Waals surface area contributed by atoms with Crippen LogP contribution in [-0.2, 0) is 10.0 Å². The van der Waals surface area contributed by atoms with Gasteiger partial charge in [-0.3, -0.25) is 0 Å². The van der Waals surface area contributed by atoms with E-state index in [0.29, 0.717) is 11.1 Å². The lowest BCUT2D eigenvalue weighted by Gasteiger charge is -2.19. The summed E-state index contributed by atoms with van der Waals surface area (Å²) in [7, 11) is -3.84. The summed E-state index contributed by atoms with van der Waals surface area (Å²) in [6, 6.07) is 3.78. The van der Waals surface area contributed by atoms with Gasteiger partial charge in [0.1, 0.15) is 0 Å². The van der Waals surface area contributed by atoms with E-state index in [4.69, 9.17) is 10.4 Å². The number of sulfonamides is 1. The van der Waals surface area contributed by atoms with Crippen LogP contribution >= 0.6 is 0 Å². The smallest absolute Gasteiger partial charge is 0.238 e. The Morgan fingerprint density at radius 1 is 1.47 bits per heavy atom. The Balaban J connectivity index is 2.78. The van der Waals surface area contributed by atoms with Crippen LogP contribution in [0.4, 0.5) is 0 Å². The minimum atomic E-state index is -3.84. The molecule has 0 radical (unpaired) electrons. The Labute approximate surface area is 113 Å². The summed E-state index contributed by atoms with van der Waals surface area (Å²) >= 11 is 0. The average Bonchev–Trinajstić information content (AvgIpc) is 2.82. The normalized spacial score (nSPS) is 19.4. The van der Waals surface area contributed by atoms with Crippen molar-refractivity contribution in [3.05, 3.63) is 28.3 Å².